The lowest BCUT2D eigenvalue weighted by atomic mass is 9.93. The zero-order valence-corrected chi connectivity index (χ0v) is 15.1. The highest BCUT2D eigenvalue weighted by Crippen LogP contribution is 2.40. The molecule has 1 saturated heterocycles. The van der Waals surface area contributed by atoms with Crippen molar-refractivity contribution < 1.29 is 19.7 Å². The largest absolute Gasteiger partial charge is 0.386 e. The van der Waals surface area contributed by atoms with Gasteiger partial charge in [-0.05, 0) is 38.8 Å². The van der Waals surface area contributed by atoms with Crippen molar-refractivity contribution >= 4 is 0 Å². The molecule has 2 aromatic rings. The first-order chi connectivity index (χ1) is 11.8. The number of aryl methyl sites for hydroxylation is 2. The maximum absolute atomic E-state index is 10.8. The quantitative estimate of drug-likeness (QED) is 0.891. The smallest absolute Gasteiger partial charge is 0.164 e. The first kappa shape index (κ1) is 18.1. The van der Waals surface area contributed by atoms with Crippen LogP contribution >= 0.6 is 0 Å². The number of benzene rings is 2. The van der Waals surface area contributed by atoms with Gasteiger partial charge in [0.15, 0.2) is 5.79 Å². The Morgan fingerprint density at radius 3 is 1.36 bits per heavy atom. The molecule has 0 radical (unpaired) electrons. The summed E-state index contributed by atoms with van der Waals surface area (Å²) in [6.45, 7) is 7.59. The van der Waals surface area contributed by atoms with Gasteiger partial charge in [-0.3, -0.25) is 0 Å². The van der Waals surface area contributed by atoms with Gasteiger partial charge in [0.2, 0.25) is 0 Å². The summed E-state index contributed by atoms with van der Waals surface area (Å²) in [7, 11) is 0. The fourth-order valence-electron chi connectivity index (χ4n) is 3.21. The van der Waals surface area contributed by atoms with E-state index in [1.807, 2.05) is 62.4 Å². The highest BCUT2D eigenvalue weighted by Gasteiger charge is 2.48. The van der Waals surface area contributed by atoms with E-state index in [4.69, 9.17) is 9.47 Å². The van der Waals surface area contributed by atoms with Crippen molar-refractivity contribution in [3.63, 3.8) is 0 Å². The van der Waals surface area contributed by atoms with Gasteiger partial charge in [-0.2, -0.15) is 0 Å². The third kappa shape index (κ3) is 3.93. The van der Waals surface area contributed by atoms with Crippen LogP contribution in [0.4, 0.5) is 0 Å². The van der Waals surface area contributed by atoms with Crippen LogP contribution in [0.15, 0.2) is 48.5 Å². The van der Waals surface area contributed by atoms with Crippen LogP contribution in [-0.4, -0.2) is 28.2 Å². The molecule has 3 rings (SSSR count). The molecule has 25 heavy (non-hydrogen) atoms. The number of rotatable bonds is 4. The molecule has 4 atom stereocenters. The van der Waals surface area contributed by atoms with Crippen LogP contribution in [0.3, 0.4) is 0 Å². The van der Waals surface area contributed by atoms with E-state index in [9.17, 15) is 10.2 Å². The zero-order chi connectivity index (χ0) is 18.2. The summed E-state index contributed by atoms with van der Waals surface area (Å²) >= 11 is 0. The fourth-order valence-corrected chi connectivity index (χ4v) is 3.21. The molecule has 1 aliphatic rings. The van der Waals surface area contributed by atoms with E-state index < -0.39 is 30.2 Å². The van der Waals surface area contributed by atoms with E-state index in [2.05, 4.69) is 0 Å². The molecule has 0 saturated carbocycles. The van der Waals surface area contributed by atoms with Crippen molar-refractivity contribution in [2.45, 2.75) is 57.9 Å². The second kappa shape index (κ2) is 6.89. The minimum absolute atomic E-state index is 0.658. The molecule has 0 aromatic heterocycles. The summed E-state index contributed by atoms with van der Waals surface area (Å²) in [5.74, 6) is -0.868. The predicted octanol–water partition coefficient (Wildman–Crippen LogP) is 3.59. The molecular weight excluding hydrogens is 316 g/mol. The van der Waals surface area contributed by atoms with Gasteiger partial charge < -0.3 is 19.7 Å². The third-order valence-electron chi connectivity index (χ3n) is 4.62. The van der Waals surface area contributed by atoms with Crippen molar-refractivity contribution in [2.75, 3.05) is 0 Å². The topological polar surface area (TPSA) is 58.9 Å². The second-order valence-corrected chi connectivity index (χ2v) is 7.28. The van der Waals surface area contributed by atoms with Crippen LogP contribution in [0.25, 0.3) is 0 Å². The van der Waals surface area contributed by atoms with Gasteiger partial charge in [0.1, 0.15) is 24.4 Å². The Morgan fingerprint density at radius 2 is 1.04 bits per heavy atom. The summed E-state index contributed by atoms with van der Waals surface area (Å²) in [4.78, 5) is 0. The maximum Gasteiger partial charge on any atom is 0.164 e. The Labute approximate surface area is 149 Å². The van der Waals surface area contributed by atoms with Crippen LogP contribution < -0.4 is 0 Å². The molecular formula is C21H26O4. The van der Waals surface area contributed by atoms with Crippen molar-refractivity contribution in [1.29, 1.82) is 0 Å². The van der Waals surface area contributed by atoms with Crippen LogP contribution in [0, 0.1) is 13.8 Å². The standard InChI is InChI=1S/C21H26O4/c1-13-5-9-15(10-6-13)17(22)19-20(25-21(3,4)24-19)18(23)16-11-7-14(2)8-12-16/h5-12,17-20,22-23H,1-4H3/t17-,18-,19+,20+/m1/s1. The normalized spacial score (nSPS) is 24.9. The zero-order valence-electron chi connectivity index (χ0n) is 15.1. The predicted molar refractivity (Wildman–Crippen MR) is 96.1 cm³/mol. The minimum Gasteiger partial charge on any atom is -0.386 e. The average molecular weight is 342 g/mol. The van der Waals surface area contributed by atoms with Gasteiger partial charge in [0, 0.05) is 0 Å². The van der Waals surface area contributed by atoms with Crippen molar-refractivity contribution in [2.24, 2.45) is 0 Å². The van der Waals surface area contributed by atoms with Crippen LogP contribution in [-0.2, 0) is 9.47 Å². The highest BCUT2D eigenvalue weighted by molar-refractivity contribution is 5.27. The molecule has 0 bridgehead atoms. The molecule has 1 fully saturated rings. The molecule has 4 nitrogen and oxygen atoms in total. The molecule has 4 heteroatoms. The van der Waals surface area contributed by atoms with Crippen LogP contribution in [0.1, 0.15) is 48.3 Å². The first-order valence-corrected chi connectivity index (χ1v) is 8.62. The molecule has 1 aliphatic heterocycles. The number of hydrogen-bond acceptors (Lipinski definition) is 4. The summed E-state index contributed by atoms with van der Waals surface area (Å²) in [5, 5.41) is 21.7. The molecule has 0 amide bonds. The number of hydrogen-bond donors (Lipinski definition) is 2. The molecule has 134 valence electrons. The maximum atomic E-state index is 10.8. The fraction of sp³-hybridized carbons (Fsp3) is 0.429. The minimum atomic E-state index is -0.882. The van der Waals surface area contributed by atoms with E-state index in [1.54, 1.807) is 13.8 Å². The van der Waals surface area contributed by atoms with E-state index in [0.717, 1.165) is 22.3 Å². The highest BCUT2D eigenvalue weighted by atomic mass is 16.8. The average Bonchev–Trinajstić information content (AvgIpc) is 2.91. The molecule has 0 aliphatic carbocycles. The molecule has 2 aromatic carbocycles. The summed E-state index contributed by atoms with van der Waals surface area (Å²) < 4.78 is 11.9. The summed E-state index contributed by atoms with van der Waals surface area (Å²) in [6.07, 6.45) is -3.08. The van der Waals surface area contributed by atoms with Gasteiger partial charge in [-0.1, -0.05) is 59.7 Å². The van der Waals surface area contributed by atoms with Gasteiger partial charge in [0.05, 0.1) is 0 Å². The van der Waals surface area contributed by atoms with E-state index in [0.29, 0.717) is 0 Å². The van der Waals surface area contributed by atoms with E-state index >= 15 is 0 Å². The van der Waals surface area contributed by atoms with Gasteiger partial charge in [-0.15, -0.1) is 0 Å². The van der Waals surface area contributed by atoms with Crippen LogP contribution in [0.5, 0.6) is 0 Å². The molecule has 1 heterocycles. The van der Waals surface area contributed by atoms with Crippen molar-refractivity contribution in [1.82, 2.24) is 0 Å². The Hall–Kier alpha value is -1.72. The number of aliphatic hydroxyl groups excluding tert-OH is 2. The second-order valence-electron chi connectivity index (χ2n) is 7.28. The molecule has 2 N–H and O–H groups in total. The van der Waals surface area contributed by atoms with Crippen LogP contribution in [0.2, 0.25) is 0 Å². The van der Waals surface area contributed by atoms with E-state index in [1.165, 1.54) is 0 Å². The SMILES string of the molecule is Cc1ccc([C@@H](O)[C@@H]2OC(C)(C)O[C@H]2[C@H](O)c2ccc(C)cc2)cc1. The Bertz CT molecular complexity index is 644. The Balaban J connectivity index is 1.87. The van der Waals surface area contributed by atoms with Gasteiger partial charge >= 0.3 is 0 Å². The first-order valence-electron chi connectivity index (χ1n) is 8.62. The summed E-state index contributed by atoms with van der Waals surface area (Å²) in [6, 6.07) is 15.3. The molecule has 0 unspecified atom stereocenters. The number of ether oxygens (including phenoxy) is 2. The molecule has 0 spiro atoms. The van der Waals surface area contributed by atoms with Gasteiger partial charge in [-0.25, -0.2) is 0 Å². The van der Waals surface area contributed by atoms with Gasteiger partial charge in [0.25, 0.3) is 0 Å². The third-order valence-corrected chi connectivity index (χ3v) is 4.62. The lowest BCUT2D eigenvalue weighted by Gasteiger charge is -2.26. The number of aliphatic hydroxyl groups is 2. The lowest BCUT2D eigenvalue weighted by Crippen LogP contribution is -2.34. The van der Waals surface area contributed by atoms with Crippen molar-refractivity contribution in [3.05, 3.63) is 70.8 Å². The monoisotopic (exact) mass is 342 g/mol. The van der Waals surface area contributed by atoms with E-state index in [-0.39, 0.29) is 0 Å². The summed E-state index contributed by atoms with van der Waals surface area (Å²) in [5.41, 5.74) is 3.74. The Morgan fingerprint density at radius 1 is 0.720 bits per heavy atom. The Kier molecular flexibility index (Phi) is 4.98. The van der Waals surface area contributed by atoms with Crippen molar-refractivity contribution in [3.8, 4) is 0 Å². The lowest BCUT2D eigenvalue weighted by molar-refractivity contribution is -0.161.